The van der Waals surface area contributed by atoms with E-state index in [1.54, 1.807) is 0 Å². The van der Waals surface area contributed by atoms with Crippen molar-refractivity contribution in [3.05, 3.63) is 35.4 Å². The van der Waals surface area contributed by atoms with Gasteiger partial charge in [0.15, 0.2) is 0 Å². The number of carbonyl (C=O) groups is 3. The lowest BCUT2D eigenvalue weighted by Gasteiger charge is -2.43. The molecule has 0 N–H and O–H groups in total. The van der Waals surface area contributed by atoms with Crippen molar-refractivity contribution >= 4 is 17.6 Å². The summed E-state index contributed by atoms with van der Waals surface area (Å²) in [6.07, 6.45) is 0.397. The van der Waals surface area contributed by atoms with E-state index in [0.29, 0.717) is 6.42 Å². The number of imide groups is 1. The van der Waals surface area contributed by atoms with Gasteiger partial charge in [-0.15, -0.1) is 0 Å². The predicted molar refractivity (Wildman–Crippen MR) is 75.5 cm³/mol. The van der Waals surface area contributed by atoms with Gasteiger partial charge in [0.05, 0.1) is 17.8 Å². The van der Waals surface area contributed by atoms with E-state index in [9.17, 15) is 14.4 Å². The first-order valence-corrected chi connectivity index (χ1v) is 7.51. The van der Waals surface area contributed by atoms with Crippen molar-refractivity contribution < 1.29 is 14.4 Å². The number of hydrogen-bond donors (Lipinski definition) is 0. The molecule has 2 amide bonds. The van der Waals surface area contributed by atoms with E-state index in [1.165, 1.54) is 4.90 Å². The van der Waals surface area contributed by atoms with Crippen LogP contribution in [0.3, 0.4) is 0 Å². The second kappa shape index (κ2) is 4.03. The van der Waals surface area contributed by atoms with Gasteiger partial charge >= 0.3 is 0 Å². The summed E-state index contributed by atoms with van der Waals surface area (Å²) in [7, 11) is 0. The van der Waals surface area contributed by atoms with E-state index in [1.807, 2.05) is 38.1 Å². The van der Waals surface area contributed by atoms with Crippen molar-refractivity contribution in [3.8, 4) is 0 Å². The molecule has 4 heteroatoms. The van der Waals surface area contributed by atoms with Gasteiger partial charge in [0.2, 0.25) is 11.8 Å². The maximum absolute atomic E-state index is 12.7. The maximum Gasteiger partial charge on any atom is 0.234 e. The van der Waals surface area contributed by atoms with Crippen LogP contribution in [0.5, 0.6) is 0 Å². The van der Waals surface area contributed by atoms with Crippen LogP contribution in [0.4, 0.5) is 0 Å². The number of Topliss-reactive ketones (excluding diaryl/α,β-unsaturated/α-hetero) is 1. The Balaban J connectivity index is 1.91. The number of carbonyl (C=O) groups excluding carboxylic acids is 3. The molecule has 1 heterocycles. The van der Waals surface area contributed by atoms with Crippen LogP contribution in [-0.2, 0) is 14.4 Å². The number of fused-ring (bicyclic) bond motifs is 1. The van der Waals surface area contributed by atoms with Crippen molar-refractivity contribution in [2.45, 2.75) is 38.1 Å². The molecule has 108 valence electrons. The molecule has 2 fully saturated rings. The van der Waals surface area contributed by atoms with Gasteiger partial charge in [-0.25, -0.2) is 0 Å². The van der Waals surface area contributed by atoms with Crippen LogP contribution in [0.15, 0.2) is 24.3 Å². The van der Waals surface area contributed by atoms with Crippen molar-refractivity contribution in [2.24, 2.45) is 11.8 Å². The Hall–Kier alpha value is -1.97. The number of benzene rings is 1. The minimum absolute atomic E-state index is 0.0861. The monoisotopic (exact) mass is 283 g/mol. The molecular formula is C17H17NO3. The van der Waals surface area contributed by atoms with E-state index < -0.39 is 11.8 Å². The molecule has 1 aliphatic heterocycles. The summed E-state index contributed by atoms with van der Waals surface area (Å²) in [6.45, 7) is 3.70. The van der Waals surface area contributed by atoms with E-state index in [2.05, 4.69) is 0 Å². The van der Waals surface area contributed by atoms with Gasteiger partial charge in [-0.3, -0.25) is 19.3 Å². The normalized spacial score (nSPS) is 33.7. The van der Waals surface area contributed by atoms with Crippen LogP contribution < -0.4 is 0 Å². The fourth-order valence-corrected chi connectivity index (χ4v) is 4.49. The van der Waals surface area contributed by atoms with Gasteiger partial charge in [-0.1, -0.05) is 24.3 Å². The van der Waals surface area contributed by atoms with Crippen LogP contribution in [0.2, 0.25) is 0 Å². The fourth-order valence-electron chi connectivity index (χ4n) is 4.49. The highest BCUT2D eigenvalue weighted by molar-refractivity contribution is 6.11. The summed E-state index contributed by atoms with van der Waals surface area (Å²) in [5.74, 6) is -1.47. The van der Waals surface area contributed by atoms with Gasteiger partial charge in [-0.2, -0.15) is 0 Å². The molecule has 0 spiro atoms. The third-order valence-electron chi connectivity index (χ3n) is 5.24. The Kier molecular flexibility index (Phi) is 2.44. The average Bonchev–Trinajstić information content (AvgIpc) is 2.72. The Morgan fingerprint density at radius 2 is 1.62 bits per heavy atom. The van der Waals surface area contributed by atoms with Crippen molar-refractivity contribution in [1.82, 2.24) is 4.90 Å². The Morgan fingerprint density at radius 3 is 2.29 bits per heavy atom. The van der Waals surface area contributed by atoms with E-state index >= 15 is 0 Å². The lowest BCUT2D eigenvalue weighted by atomic mass is 9.56. The van der Waals surface area contributed by atoms with Crippen molar-refractivity contribution in [3.63, 3.8) is 0 Å². The van der Waals surface area contributed by atoms with E-state index in [-0.39, 0.29) is 35.5 Å². The fraction of sp³-hybridized carbons (Fsp3) is 0.471. The zero-order chi connectivity index (χ0) is 14.9. The molecule has 2 bridgehead atoms. The zero-order valence-electron chi connectivity index (χ0n) is 12.1. The lowest BCUT2D eigenvalue weighted by Crippen LogP contribution is -2.44. The van der Waals surface area contributed by atoms with Crippen LogP contribution in [0.25, 0.3) is 0 Å². The summed E-state index contributed by atoms with van der Waals surface area (Å²) in [6, 6.07) is 7.65. The summed E-state index contributed by atoms with van der Waals surface area (Å²) in [5.41, 5.74) is 2.06. The standard InChI is InChI=1S/C17H17NO3/c1-8(2)18-16(20)14-11-7-12(19)13(15(14)17(18)21)10-6-4-3-5-9(10)11/h3-6,8,11,13-15H,7H2,1-2H3/t11-,13-,14-,15+/m1/s1. The molecule has 4 nitrogen and oxygen atoms in total. The SMILES string of the molecule is CC(C)N1C(=O)[C@@H]2[C@H](C1=O)[C@@H]1CC(=O)[C@H]2c2ccccc21. The highest BCUT2D eigenvalue weighted by atomic mass is 16.2. The largest absolute Gasteiger partial charge is 0.299 e. The zero-order valence-corrected chi connectivity index (χ0v) is 12.1. The molecular weight excluding hydrogens is 266 g/mol. The predicted octanol–water partition coefficient (Wildman–Crippen LogP) is 1.85. The number of amides is 2. The third kappa shape index (κ3) is 1.42. The molecule has 1 aromatic carbocycles. The highest BCUT2D eigenvalue weighted by Crippen LogP contribution is 2.57. The van der Waals surface area contributed by atoms with Gasteiger partial charge in [0, 0.05) is 18.4 Å². The summed E-state index contributed by atoms with van der Waals surface area (Å²) >= 11 is 0. The summed E-state index contributed by atoms with van der Waals surface area (Å²) < 4.78 is 0. The van der Waals surface area contributed by atoms with Crippen LogP contribution in [0, 0.1) is 11.8 Å². The lowest BCUT2D eigenvalue weighted by molar-refractivity contribution is -0.142. The van der Waals surface area contributed by atoms with E-state index in [0.717, 1.165) is 11.1 Å². The summed E-state index contributed by atoms with van der Waals surface area (Å²) in [5, 5.41) is 0. The van der Waals surface area contributed by atoms with Crippen LogP contribution in [-0.4, -0.2) is 28.5 Å². The number of ketones is 1. The van der Waals surface area contributed by atoms with Crippen molar-refractivity contribution in [1.29, 1.82) is 0 Å². The number of nitrogens with zero attached hydrogens (tertiary/aromatic N) is 1. The van der Waals surface area contributed by atoms with Gasteiger partial charge in [0.25, 0.3) is 0 Å². The smallest absolute Gasteiger partial charge is 0.234 e. The molecule has 0 unspecified atom stereocenters. The quantitative estimate of drug-likeness (QED) is 0.739. The number of rotatable bonds is 1. The second-order valence-corrected chi connectivity index (χ2v) is 6.58. The molecule has 4 aliphatic rings. The molecule has 0 aromatic heterocycles. The van der Waals surface area contributed by atoms with Crippen LogP contribution in [0.1, 0.15) is 43.2 Å². The molecule has 5 rings (SSSR count). The Bertz CT molecular complexity index is 678. The maximum atomic E-state index is 12.7. The van der Waals surface area contributed by atoms with E-state index in [4.69, 9.17) is 0 Å². The first-order valence-electron chi connectivity index (χ1n) is 7.51. The molecule has 1 saturated heterocycles. The summed E-state index contributed by atoms with van der Waals surface area (Å²) in [4.78, 5) is 39.2. The molecule has 3 aliphatic carbocycles. The van der Waals surface area contributed by atoms with Gasteiger partial charge in [0.1, 0.15) is 5.78 Å². The molecule has 4 atom stereocenters. The molecule has 1 saturated carbocycles. The second-order valence-electron chi connectivity index (χ2n) is 6.58. The first kappa shape index (κ1) is 12.7. The third-order valence-corrected chi connectivity index (χ3v) is 5.24. The number of likely N-dealkylation sites (tertiary alicyclic amines) is 1. The average molecular weight is 283 g/mol. The van der Waals surface area contributed by atoms with Crippen molar-refractivity contribution in [2.75, 3.05) is 0 Å². The minimum Gasteiger partial charge on any atom is -0.299 e. The Labute approximate surface area is 123 Å². The molecule has 21 heavy (non-hydrogen) atoms. The minimum atomic E-state index is -0.471. The van der Waals surface area contributed by atoms with Crippen LogP contribution >= 0.6 is 0 Å². The topological polar surface area (TPSA) is 54.5 Å². The number of hydrogen-bond acceptors (Lipinski definition) is 3. The highest BCUT2D eigenvalue weighted by Gasteiger charge is 2.62. The molecule has 0 radical (unpaired) electrons. The van der Waals surface area contributed by atoms with Gasteiger partial charge in [-0.05, 0) is 25.0 Å². The van der Waals surface area contributed by atoms with Gasteiger partial charge < -0.3 is 0 Å². The first-order chi connectivity index (χ1) is 10.0. The molecule has 1 aromatic rings. The Morgan fingerprint density at radius 1 is 1.00 bits per heavy atom.